The molecule has 1 aromatic heterocycles. The van der Waals surface area contributed by atoms with Gasteiger partial charge >= 0.3 is 0 Å². The lowest BCUT2D eigenvalue weighted by Gasteiger charge is -2.17. The van der Waals surface area contributed by atoms with E-state index in [1.807, 2.05) is 42.5 Å². The van der Waals surface area contributed by atoms with Crippen LogP contribution in [0, 0.1) is 0 Å². The van der Waals surface area contributed by atoms with Crippen LogP contribution >= 0.6 is 0 Å². The van der Waals surface area contributed by atoms with E-state index in [9.17, 15) is 5.11 Å². The number of benzene rings is 2. The molecule has 4 rings (SSSR count). The fraction of sp³-hybridized carbons (Fsp3) is 0.208. The van der Waals surface area contributed by atoms with Gasteiger partial charge in [0.1, 0.15) is 12.4 Å². The van der Waals surface area contributed by atoms with E-state index in [2.05, 4.69) is 28.1 Å². The SMILES string of the molecule is COc1ccc(/C=C/CN2CCOc3c(O)cc(-c4ccccn4)cc3C2)cc1. The van der Waals surface area contributed by atoms with Crippen molar-refractivity contribution in [2.45, 2.75) is 6.54 Å². The summed E-state index contributed by atoms with van der Waals surface area (Å²) >= 11 is 0. The Labute approximate surface area is 170 Å². The minimum Gasteiger partial charge on any atom is -0.504 e. The van der Waals surface area contributed by atoms with Crippen molar-refractivity contribution >= 4 is 6.08 Å². The van der Waals surface area contributed by atoms with Crippen LogP contribution in [0.3, 0.4) is 0 Å². The molecular weight excluding hydrogens is 364 g/mol. The number of pyridine rings is 1. The predicted molar refractivity (Wildman–Crippen MR) is 114 cm³/mol. The second kappa shape index (κ2) is 8.80. The first kappa shape index (κ1) is 19.0. The summed E-state index contributed by atoms with van der Waals surface area (Å²) < 4.78 is 11.0. The molecule has 148 valence electrons. The molecule has 5 heteroatoms. The zero-order chi connectivity index (χ0) is 20.1. The highest BCUT2D eigenvalue weighted by Crippen LogP contribution is 2.37. The molecule has 0 bridgehead atoms. The van der Waals surface area contributed by atoms with Crippen LogP contribution in [0.1, 0.15) is 11.1 Å². The van der Waals surface area contributed by atoms with Gasteiger partial charge in [-0.1, -0.05) is 30.4 Å². The molecule has 0 radical (unpaired) electrons. The van der Waals surface area contributed by atoms with E-state index < -0.39 is 0 Å². The van der Waals surface area contributed by atoms with Crippen molar-refractivity contribution in [3.05, 3.63) is 78.0 Å². The third kappa shape index (κ3) is 4.58. The number of phenols is 1. The molecule has 2 aromatic carbocycles. The van der Waals surface area contributed by atoms with Crippen LogP contribution in [-0.4, -0.2) is 41.8 Å². The normalized spacial score (nSPS) is 14.2. The van der Waals surface area contributed by atoms with Crippen molar-refractivity contribution in [2.75, 3.05) is 26.8 Å². The van der Waals surface area contributed by atoms with Crippen LogP contribution < -0.4 is 9.47 Å². The highest BCUT2D eigenvalue weighted by Gasteiger charge is 2.19. The molecule has 1 aliphatic heterocycles. The highest BCUT2D eigenvalue weighted by atomic mass is 16.5. The predicted octanol–water partition coefficient (Wildman–Crippen LogP) is 4.37. The first-order valence-electron chi connectivity index (χ1n) is 9.66. The summed E-state index contributed by atoms with van der Waals surface area (Å²) in [5, 5.41) is 10.5. The van der Waals surface area contributed by atoms with E-state index in [-0.39, 0.29) is 5.75 Å². The van der Waals surface area contributed by atoms with Crippen LogP contribution in [0.15, 0.2) is 66.9 Å². The Morgan fingerprint density at radius 2 is 2.03 bits per heavy atom. The standard InChI is InChI=1S/C24H24N2O3/c1-28-21-9-7-18(8-10-21)5-4-12-26-13-14-29-24-20(17-26)15-19(16-23(24)27)22-6-2-3-11-25-22/h2-11,15-16,27H,12-14,17H2,1H3/b5-4+. The molecule has 1 aliphatic rings. The van der Waals surface area contributed by atoms with Crippen molar-refractivity contribution in [2.24, 2.45) is 0 Å². The Morgan fingerprint density at radius 3 is 2.79 bits per heavy atom. The first-order chi connectivity index (χ1) is 14.2. The summed E-state index contributed by atoms with van der Waals surface area (Å²) in [6.07, 6.45) is 6.01. The third-order valence-electron chi connectivity index (χ3n) is 4.94. The molecular formula is C24H24N2O3. The maximum absolute atomic E-state index is 10.5. The smallest absolute Gasteiger partial charge is 0.165 e. The quantitative estimate of drug-likeness (QED) is 0.703. The molecule has 0 unspecified atom stereocenters. The van der Waals surface area contributed by atoms with Crippen LogP contribution in [-0.2, 0) is 6.54 Å². The van der Waals surface area contributed by atoms with E-state index in [0.29, 0.717) is 18.9 Å². The average molecular weight is 388 g/mol. The summed E-state index contributed by atoms with van der Waals surface area (Å²) in [6.45, 7) is 2.83. The molecule has 0 spiro atoms. The number of rotatable bonds is 5. The van der Waals surface area contributed by atoms with Gasteiger partial charge in [-0.25, -0.2) is 0 Å². The van der Waals surface area contributed by atoms with Crippen molar-refractivity contribution in [1.82, 2.24) is 9.88 Å². The molecule has 0 aliphatic carbocycles. The first-order valence-corrected chi connectivity index (χ1v) is 9.66. The number of hydrogen-bond acceptors (Lipinski definition) is 5. The Kier molecular flexibility index (Phi) is 5.77. The fourth-order valence-corrected chi connectivity index (χ4v) is 3.44. The van der Waals surface area contributed by atoms with Crippen molar-refractivity contribution in [3.8, 4) is 28.5 Å². The maximum atomic E-state index is 10.5. The highest BCUT2D eigenvalue weighted by molar-refractivity contribution is 5.66. The molecule has 1 N–H and O–H groups in total. The van der Waals surface area contributed by atoms with E-state index >= 15 is 0 Å². The second-order valence-electron chi connectivity index (χ2n) is 6.96. The van der Waals surface area contributed by atoms with E-state index in [0.717, 1.165) is 41.2 Å². The minimum absolute atomic E-state index is 0.166. The summed E-state index contributed by atoms with van der Waals surface area (Å²) in [5.74, 6) is 1.59. The molecule has 0 amide bonds. The molecule has 3 aromatic rings. The number of hydrogen-bond donors (Lipinski definition) is 1. The van der Waals surface area contributed by atoms with Crippen LogP contribution in [0.25, 0.3) is 17.3 Å². The van der Waals surface area contributed by atoms with Gasteiger partial charge in [0.2, 0.25) is 0 Å². The lowest BCUT2D eigenvalue weighted by atomic mass is 10.0. The molecule has 0 fully saturated rings. The second-order valence-corrected chi connectivity index (χ2v) is 6.96. The molecule has 29 heavy (non-hydrogen) atoms. The zero-order valence-corrected chi connectivity index (χ0v) is 16.4. The van der Waals surface area contributed by atoms with Gasteiger partial charge in [0.15, 0.2) is 11.5 Å². The lowest BCUT2D eigenvalue weighted by molar-refractivity contribution is 0.239. The molecule has 2 heterocycles. The number of phenolic OH excluding ortho intramolecular Hbond substituents is 1. The zero-order valence-electron chi connectivity index (χ0n) is 16.4. The van der Waals surface area contributed by atoms with Crippen LogP contribution in [0.5, 0.6) is 17.2 Å². The number of fused-ring (bicyclic) bond motifs is 1. The monoisotopic (exact) mass is 388 g/mol. The van der Waals surface area contributed by atoms with Gasteiger partial charge in [-0.05, 0) is 42.0 Å². The minimum atomic E-state index is 0.166. The number of aromatic hydroxyl groups is 1. The number of aromatic nitrogens is 1. The van der Waals surface area contributed by atoms with Crippen LogP contribution in [0.4, 0.5) is 0 Å². The Morgan fingerprint density at radius 1 is 1.17 bits per heavy atom. The Bertz CT molecular complexity index is 985. The van der Waals surface area contributed by atoms with Gasteiger partial charge < -0.3 is 14.6 Å². The number of nitrogens with zero attached hydrogens (tertiary/aromatic N) is 2. The fourth-order valence-electron chi connectivity index (χ4n) is 3.44. The summed E-state index contributed by atoms with van der Waals surface area (Å²) in [7, 11) is 1.67. The Hall–Kier alpha value is -3.31. The van der Waals surface area contributed by atoms with Crippen molar-refractivity contribution < 1.29 is 14.6 Å². The maximum Gasteiger partial charge on any atom is 0.165 e. The Balaban J connectivity index is 1.49. The summed E-state index contributed by atoms with van der Waals surface area (Å²) in [4.78, 5) is 6.69. The summed E-state index contributed by atoms with van der Waals surface area (Å²) in [5.41, 5.74) is 3.83. The lowest BCUT2D eigenvalue weighted by Crippen LogP contribution is -2.25. The van der Waals surface area contributed by atoms with Gasteiger partial charge in [-0.3, -0.25) is 9.88 Å². The van der Waals surface area contributed by atoms with Crippen LogP contribution in [0.2, 0.25) is 0 Å². The molecule has 0 saturated carbocycles. The van der Waals surface area contributed by atoms with Gasteiger partial charge in [0, 0.05) is 37.0 Å². The van der Waals surface area contributed by atoms with Crippen molar-refractivity contribution in [1.29, 1.82) is 0 Å². The largest absolute Gasteiger partial charge is 0.504 e. The van der Waals surface area contributed by atoms with Gasteiger partial charge in [-0.2, -0.15) is 0 Å². The average Bonchev–Trinajstić information content (AvgIpc) is 2.97. The van der Waals surface area contributed by atoms with Gasteiger partial charge in [0.05, 0.1) is 12.8 Å². The van der Waals surface area contributed by atoms with Gasteiger partial charge in [-0.15, -0.1) is 0 Å². The van der Waals surface area contributed by atoms with E-state index in [1.54, 1.807) is 19.4 Å². The van der Waals surface area contributed by atoms with Crippen molar-refractivity contribution in [3.63, 3.8) is 0 Å². The summed E-state index contributed by atoms with van der Waals surface area (Å²) in [6, 6.07) is 17.5. The number of ether oxygens (including phenoxy) is 2. The molecule has 0 saturated heterocycles. The number of methoxy groups -OCH3 is 1. The van der Waals surface area contributed by atoms with E-state index in [4.69, 9.17) is 9.47 Å². The third-order valence-corrected chi connectivity index (χ3v) is 4.94. The van der Waals surface area contributed by atoms with Gasteiger partial charge in [0.25, 0.3) is 0 Å². The van der Waals surface area contributed by atoms with E-state index in [1.165, 1.54) is 0 Å². The molecule has 0 atom stereocenters. The topological polar surface area (TPSA) is 54.8 Å². The molecule has 5 nitrogen and oxygen atoms in total.